The Bertz CT molecular complexity index is 200. The van der Waals surface area contributed by atoms with Crippen LogP contribution >= 0.6 is 12.4 Å². The summed E-state index contributed by atoms with van der Waals surface area (Å²) in [6, 6.07) is 0. The molecule has 1 saturated heterocycles. The quantitative estimate of drug-likeness (QED) is 0.789. The first-order valence-corrected chi connectivity index (χ1v) is 5.78. The van der Waals surface area contributed by atoms with Crippen LogP contribution in [0.25, 0.3) is 0 Å². The van der Waals surface area contributed by atoms with E-state index >= 15 is 0 Å². The van der Waals surface area contributed by atoms with Crippen molar-refractivity contribution in [3.8, 4) is 0 Å². The summed E-state index contributed by atoms with van der Waals surface area (Å²) in [5.41, 5.74) is 0. The molecule has 1 unspecified atom stereocenters. The minimum Gasteiger partial charge on any atom is -0.372 e. The standard InChI is InChI=1S/C11H22N2O2.ClH/c1-3-15-9-11(14)13-6-4-5-10(8-13)7-12-2;/h10,12H,3-9H2,1-2H3;1H. The van der Waals surface area contributed by atoms with E-state index in [2.05, 4.69) is 5.32 Å². The predicted molar refractivity (Wildman–Crippen MR) is 67.0 cm³/mol. The molecule has 96 valence electrons. The Morgan fingerprint density at radius 3 is 2.94 bits per heavy atom. The molecule has 0 saturated carbocycles. The normalized spacial score (nSPS) is 20.4. The lowest BCUT2D eigenvalue weighted by molar-refractivity contribution is -0.137. The van der Waals surface area contributed by atoms with Crippen LogP contribution in [-0.4, -0.2) is 50.7 Å². The fourth-order valence-electron chi connectivity index (χ4n) is 2.03. The van der Waals surface area contributed by atoms with Gasteiger partial charge in [-0.05, 0) is 39.3 Å². The number of nitrogens with one attached hydrogen (secondary N) is 1. The van der Waals surface area contributed by atoms with E-state index in [1.54, 1.807) is 0 Å². The highest BCUT2D eigenvalue weighted by Gasteiger charge is 2.22. The van der Waals surface area contributed by atoms with Crippen LogP contribution in [0.2, 0.25) is 0 Å². The zero-order chi connectivity index (χ0) is 11.1. The molecule has 1 amide bonds. The third kappa shape index (κ3) is 5.14. The Morgan fingerprint density at radius 2 is 2.31 bits per heavy atom. The van der Waals surface area contributed by atoms with E-state index in [4.69, 9.17) is 4.74 Å². The third-order valence-corrected chi connectivity index (χ3v) is 2.79. The van der Waals surface area contributed by atoms with Gasteiger partial charge >= 0.3 is 0 Å². The highest BCUT2D eigenvalue weighted by atomic mass is 35.5. The average molecular weight is 251 g/mol. The van der Waals surface area contributed by atoms with Gasteiger partial charge < -0.3 is 15.0 Å². The molecule has 0 aromatic rings. The van der Waals surface area contributed by atoms with Crippen LogP contribution in [0.5, 0.6) is 0 Å². The fourth-order valence-corrected chi connectivity index (χ4v) is 2.03. The summed E-state index contributed by atoms with van der Waals surface area (Å²) in [4.78, 5) is 13.6. The number of likely N-dealkylation sites (tertiary alicyclic amines) is 1. The fraction of sp³-hybridized carbons (Fsp3) is 0.909. The maximum absolute atomic E-state index is 11.7. The SMILES string of the molecule is CCOCC(=O)N1CCCC(CNC)C1.Cl. The Morgan fingerprint density at radius 1 is 1.56 bits per heavy atom. The van der Waals surface area contributed by atoms with E-state index in [0.29, 0.717) is 12.5 Å². The van der Waals surface area contributed by atoms with Crippen molar-refractivity contribution < 1.29 is 9.53 Å². The van der Waals surface area contributed by atoms with Crippen LogP contribution in [-0.2, 0) is 9.53 Å². The minimum absolute atomic E-state index is 0. The zero-order valence-electron chi connectivity index (χ0n) is 10.2. The van der Waals surface area contributed by atoms with Crippen LogP contribution in [0.15, 0.2) is 0 Å². The summed E-state index contributed by atoms with van der Waals surface area (Å²) in [6.45, 7) is 5.53. The molecular weight excluding hydrogens is 228 g/mol. The minimum atomic E-state index is 0. The van der Waals surface area contributed by atoms with E-state index in [1.807, 2.05) is 18.9 Å². The first-order valence-electron chi connectivity index (χ1n) is 5.78. The van der Waals surface area contributed by atoms with Crippen LogP contribution < -0.4 is 5.32 Å². The second kappa shape index (κ2) is 8.79. The zero-order valence-corrected chi connectivity index (χ0v) is 11.0. The number of piperidine rings is 1. The number of carbonyl (C=O) groups excluding carboxylic acids is 1. The number of rotatable bonds is 5. The topological polar surface area (TPSA) is 41.6 Å². The molecule has 0 aromatic heterocycles. The lowest BCUT2D eigenvalue weighted by atomic mass is 9.98. The molecule has 0 aromatic carbocycles. The van der Waals surface area contributed by atoms with Gasteiger partial charge in [0.2, 0.25) is 5.91 Å². The van der Waals surface area contributed by atoms with E-state index < -0.39 is 0 Å². The number of hydrogen-bond donors (Lipinski definition) is 1. The lowest BCUT2D eigenvalue weighted by Crippen LogP contribution is -2.43. The van der Waals surface area contributed by atoms with Crippen LogP contribution in [0, 0.1) is 5.92 Å². The Balaban J connectivity index is 0.00000225. The summed E-state index contributed by atoms with van der Waals surface area (Å²) >= 11 is 0. The van der Waals surface area contributed by atoms with Crippen molar-refractivity contribution in [2.75, 3.05) is 39.9 Å². The van der Waals surface area contributed by atoms with Crippen LogP contribution in [0.4, 0.5) is 0 Å². The molecule has 0 aliphatic carbocycles. The molecular formula is C11H23ClN2O2. The molecule has 1 rings (SSSR count). The molecule has 0 radical (unpaired) electrons. The second-order valence-corrected chi connectivity index (χ2v) is 4.04. The molecule has 1 fully saturated rings. The number of hydrogen-bond acceptors (Lipinski definition) is 3. The summed E-state index contributed by atoms with van der Waals surface area (Å²) in [5, 5.41) is 3.17. The Kier molecular flexibility index (Phi) is 8.61. The van der Waals surface area contributed by atoms with Crippen LogP contribution in [0.3, 0.4) is 0 Å². The highest BCUT2D eigenvalue weighted by molar-refractivity contribution is 5.85. The summed E-state index contributed by atoms with van der Waals surface area (Å²) < 4.78 is 5.14. The molecule has 1 aliphatic heterocycles. The maximum Gasteiger partial charge on any atom is 0.248 e. The van der Waals surface area contributed by atoms with Crippen molar-refractivity contribution in [1.82, 2.24) is 10.2 Å². The molecule has 1 N–H and O–H groups in total. The van der Waals surface area contributed by atoms with Gasteiger partial charge in [0, 0.05) is 19.7 Å². The van der Waals surface area contributed by atoms with Gasteiger partial charge in [-0.1, -0.05) is 0 Å². The maximum atomic E-state index is 11.7. The van der Waals surface area contributed by atoms with E-state index in [-0.39, 0.29) is 24.9 Å². The van der Waals surface area contributed by atoms with Crippen molar-refractivity contribution in [3.05, 3.63) is 0 Å². The number of halogens is 1. The lowest BCUT2D eigenvalue weighted by Gasteiger charge is -2.32. The van der Waals surface area contributed by atoms with Crippen molar-refractivity contribution >= 4 is 18.3 Å². The van der Waals surface area contributed by atoms with Crippen molar-refractivity contribution in [3.63, 3.8) is 0 Å². The monoisotopic (exact) mass is 250 g/mol. The molecule has 1 atom stereocenters. The first kappa shape index (κ1) is 15.7. The summed E-state index contributed by atoms with van der Waals surface area (Å²) in [7, 11) is 1.96. The van der Waals surface area contributed by atoms with E-state index in [0.717, 1.165) is 26.1 Å². The summed E-state index contributed by atoms with van der Waals surface area (Å²) in [6.07, 6.45) is 2.34. The van der Waals surface area contributed by atoms with Gasteiger partial charge in [-0.3, -0.25) is 4.79 Å². The van der Waals surface area contributed by atoms with Gasteiger partial charge in [-0.2, -0.15) is 0 Å². The molecule has 1 aliphatic rings. The van der Waals surface area contributed by atoms with Crippen molar-refractivity contribution in [1.29, 1.82) is 0 Å². The molecule has 0 bridgehead atoms. The van der Waals surface area contributed by atoms with Gasteiger partial charge in [-0.15, -0.1) is 12.4 Å². The second-order valence-electron chi connectivity index (χ2n) is 4.04. The Hall–Kier alpha value is -0.320. The van der Waals surface area contributed by atoms with Crippen molar-refractivity contribution in [2.24, 2.45) is 5.92 Å². The van der Waals surface area contributed by atoms with Gasteiger partial charge in [0.15, 0.2) is 0 Å². The van der Waals surface area contributed by atoms with Gasteiger partial charge in [0.1, 0.15) is 6.61 Å². The smallest absolute Gasteiger partial charge is 0.248 e. The Labute approximate surface area is 104 Å². The molecule has 0 spiro atoms. The molecule has 5 heteroatoms. The van der Waals surface area contributed by atoms with Gasteiger partial charge in [0.25, 0.3) is 0 Å². The van der Waals surface area contributed by atoms with E-state index in [1.165, 1.54) is 6.42 Å². The van der Waals surface area contributed by atoms with Gasteiger partial charge in [0.05, 0.1) is 0 Å². The molecule has 1 heterocycles. The number of carbonyl (C=O) groups is 1. The van der Waals surface area contributed by atoms with Crippen molar-refractivity contribution in [2.45, 2.75) is 19.8 Å². The molecule has 16 heavy (non-hydrogen) atoms. The number of nitrogens with zero attached hydrogens (tertiary/aromatic N) is 1. The first-order chi connectivity index (χ1) is 7.27. The molecule has 4 nitrogen and oxygen atoms in total. The largest absolute Gasteiger partial charge is 0.372 e. The highest BCUT2D eigenvalue weighted by Crippen LogP contribution is 2.15. The number of amides is 1. The van der Waals surface area contributed by atoms with Crippen LogP contribution in [0.1, 0.15) is 19.8 Å². The average Bonchev–Trinajstić information content (AvgIpc) is 2.27. The number of ether oxygens (including phenoxy) is 1. The predicted octanol–water partition coefficient (Wildman–Crippen LogP) is 0.903. The van der Waals surface area contributed by atoms with Gasteiger partial charge in [-0.25, -0.2) is 0 Å². The third-order valence-electron chi connectivity index (χ3n) is 2.79. The van der Waals surface area contributed by atoms with E-state index in [9.17, 15) is 4.79 Å². The summed E-state index contributed by atoms with van der Waals surface area (Å²) in [5.74, 6) is 0.743.